The van der Waals surface area contributed by atoms with Crippen LogP contribution >= 0.6 is 11.8 Å². The van der Waals surface area contributed by atoms with Crippen LogP contribution in [0, 0.1) is 0 Å². The van der Waals surface area contributed by atoms with E-state index >= 15 is 0 Å². The van der Waals surface area contributed by atoms with Gasteiger partial charge < -0.3 is 9.73 Å². The number of carbonyl (C=O) groups is 1. The van der Waals surface area contributed by atoms with Crippen LogP contribution in [-0.2, 0) is 17.8 Å². The van der Waals surface area contributed by atoms with Gasteiger partial charge in [-0.15, -0.1) is 10.2 Å². The number of benzene rings is 1. The van der Waals surface area contributed by atoms with E-state index in [1.165, 1.54) is 17.3 Å². The Labute approximate surface area is 157 Å². The lowest BCUT2D eigenvalue weighted by Crippen LogP contribution is -2.14. The van der Waals surface area contributed by atoms with Crippen LogP contribution in [0.1, 0.15) is 25.8 Å². The van der Waals surface area contributed by atoms with E-state index < -0.39 is 0 Å². The summed E-state index contributed by atoms with van der Waals surface area (Å²) >= 11 is 1.38. The summed E-state index contributed by atoms with van der Waals surface area (Å²) in [7, 11) is 0. The minimum Gasteiger partial charge on any atom is -0.461 e. The Morgan fingerprint density at radius 3 is 2.65 bits per heavy atom. The van der Waals surface area contributed by atoms with Crippen LogP contribution in [0.15, 0.2) is 52.2 Å². The average Bonchev–Trinajstić information content (AvgIpc) is 3.31. The Morgan fingerprint density at radius 1 is 1.19 bits per heavy atom. The molecule has 3 rings (SSSR count). The minimum atomic E-state index is -0.0650. The fourth-order valence-corrected chi connectivity index (χ4v) is 3.32. The third-order valence-electron chi connectivity index (χ3n) is 3.88. The van der Waals surface area contributed by atoms with Crippen LogP contribution in [-0.4, -0.2) is 26.4 Å². The molecule has 3 aromatic rings. The molecular weight excluding hydrogens is 348 g/mol. The molecule has 136 valence electrons. The molecule has 0 aliphatic carbocycles. The number of anilines is 1. The quantitative estimate of drug-likeness (QED) is 0.600. The zero-order chi connectivity index (χ0) is 18.4. The van der Waals surface area contributed by atoms with Crippen molar-refractivity contribution in [3.05, 3.63) is 48.2 Å². The van der Waals surface area contributed by atoms with Crippen LogP contribution in [0.3, 0.4) is 0 Å². The predicted molar refractivity (Wildman–Crippen MR) is 103 cm³/mol. The summed E-state index contributed by atoms with van der Waals surface area (Å²) in [6.45, 7) is 4.96. The van der Waals surface area contributed by atoms with E-state index in [-0.39, 0.29) is 11.7 Å². The third-order valence-corrected chi connectivity index (χ3v) is 4.85. The normalized spacial score (nSPS) is 10.8. The van der Waals surface area contributed by atoms with E-state index in [0.29, 0.717) is 11.6 Å². The molecule has 2 heterocycles. The summed E-state index contributed by atoms with van der Waals surface area (Å²) in [6, 6.07) is 11.6. The van der Waals surface area contributed by atoms with Crippen molar-refractivity contribution in [1.29, 1.82) is 0 Å². The van der Waals surface area contributed by atoms with Gasteiger partial charge in [-0.3, -0.25) is 9.36 Å². The monoisotopic (exact) mass is 370 g/mol. The molecule has 0 spiro atoms. The molecule has 0 saturated carbocycles. The molecule has 1 amide bonds. The number of nitrogens with zero attached hydrogens (tertiary/aromatic N) is 3. The molecule has 7 heteroatoms. The lowest BCUT2D eigenvalue weighted by Gasteiger charge is -2.08. The Kier molecular flexibility index (Phi) is 6.12. The zero-order valence-electron chi connectivity index (χ0n) is 14.9. The number of carbonyl (C=O) groups excluding carboxylic acids is 1. The van der Waals surface area contributed by atoms with Gasteiger partial charge in [0.05, 0.1) is 12.0 Å². The van der Waals surface area contributed by atoms with Crippen molar-refractivity contribution in [3.8, 4) is 11.6 Å². The topological polar surface area (TPSA) is 73.0 Å². The van der Waals surface area contributed by atoms with Gasteiger partial charge in [-0.1, -0.05) is 37.7 Å². The number of nitrogens with one attached hydrogen (secondary N) is 1. The number of amides is 1. The van der Waals surface area contributed by atoms with Crippen LogP contribution in [0.2, 0.25) is 0 Å². The molecule has 26 heavy (non-hydrogen) atoms. The van der Waals surface area contributed by atoms with E-state index in [1.807, 2.05) is 41.0 Å². The number of thioether (sulfide) groups is 1. The maximum Gasteiger partial charge on any atom is 0.234 e. The first kappa shape index (κ1) is 18.3. The number of aryl methyl sites for hydroxylation is 1. The molecule has 0 aliphatic rings. The summed E-state index contributed by atoms with van der Waals surface area (Å²) in [4.78, 5) is 12.2. The third kappa shape index (κ3) is 4.35. The van der Waals surface area contributed by atoms with Crippen molar-refractivity contribution in [3.63, 3.8) is 0 Å². The van der Waals surface area contributed by atoms with E-state index in [0.717, 1.165) is 30.2 Å². The van der Waals surface area contributed by atoms with Crippen molar-refractivity contribution in [2.45, 2.75) is 38.4 Å². The van der Waals surface area contributed by atoms with Crippen molar-refractivity contribution in [2.24, 2.45) is 0 Å². The van der Waals surface area contributed by atoms with Gasteiger partial charge in [0.2, 0.25) is 5.91 Å². The van der Waals surface area contributed by atoms with Crippen molar-refractivity contribution in [1.82, 2.24) is 14.8 Å². The highest BCUT2D eigenvalue weighted by Crippen LogP contribution is 2.24. The van der Waals surface area contributed by atoms with Gasteiger partial charge in [-0.05, 0) is 42.7 Å². The standard InChI is InChI=1S/C19H22N4O2S/c1-3-11-23-18(16-6-5-12-25-16)21-22-19(23)26-13-17(24)20-15-9-7-14(4-2)8-10-15/h5-10,12H,3-4,11,13H2,1-2H3,(H,20,24). The first-order valence-electron chi connectivity index (χ1n) is 8.70. The Balaban J connectivity index is 1.64. The van der Waals surface area contributed by atoms with E-state index in [9.17, 15) is 4.79 Å². The van der Waals surface area contributed by atoms with Crippen molar-refractivity contribution >= 4 is 23.4 Å². The second kappa shape index (κ2) is 8.71. The average molecular weight is 370 g/mol. The Bertz CT molecular complexity index is 841. The second-order valence-corrected chi connectivity index (χ2v) is 6.76. The molecule has 0 fully saturated rings. The number of rotatable bonds is 8. The summed E-state index contributed by atoms with van der Waals surface area (Å²) < 4.78 is 7.42. The van der Waals surface area contributed by atoms with E-state index in [4.69, 9.17) is 4.42 Å². The molecule has 0 atom stereocenters. The zero-order valence-corrected chi connectivity index (χ0v) is 15.8. The van der Waals surface area contributed by atoms with Gasteiger partial charge in [0.1, 0.15) is 0 Å². The van der Waals surface area contributed by atoms with E-state index in [1.54, 1.807) is 6.26 Å². The van der Waals surface area contributed by atoms with Crippen LogP contribution in [0.4, 0.5) is 5.69 Å². The van der Waals surface area contributed by atoms with Gasteiger partial charge >= 0.3 is 0 Å². The van der Waals surface area contributed by atoms with Gasteiger partial charge in [0.25, 0.3) is 0 Å². The van der Waals surface area contributed by atoms with Crippen LogP contribution in [0.5, 0.6) is 0 Å². The fourth-order valence-electron chi connectivity index (χ4n) is 2.56. The van der Waals surface area contributed by atoms with Crippen molar-refractivity contribution < 1.29 is 9.21 Å². The molecule has 0 unspecified atom stereocenters. The first-order valence-corrected chi connectivity index (χ1v) is 9.68. The highest BCUT2D eigenvalue weighted by Gasteiger charge is 2.16. The van der Waals surface area contributed by atoms with Crippen LogP contribution in [0.25, 0.3) is 11.6 Å². The molecule has 0 saturated heterocycles. The smallest absolute Gasteiger partial charge is 0.234 e. The molecule has 0 radical (unpaired) electrons. The van der Waals surface area contributed by atoms with Gasteiger partial charge in [0.15, 0.2) is 16.7 Å². The molecular formula is C19H22N4O2S. The highest BCUT2D eigenvalue weighted by molar-refractivity contribution is 7.99. The fraction of sp³-hybridized carbons (Fsp3) is 0.316. The summed E-state index contributed by atoms with van der Waals surface area (Å²) in [5.74, 6) is 1.58. The van der Waals surface area contributed by atoms with Gasteiger partial charge in [-0.2, -0.15) is 0 Å². The largest absolute Gasteiger partial charge is 0.461 e. The summed E-state index contributed by atoms with van der Waals surface area (Å²) in [5.41, 5.74) is 2.05. The Hall–Kier alpha value is -2.54. The lowest BCUT2D eigenvalue weighted by molar-refractivity contribution is -0.113. The molecule has 0 aliphatic heterocycles. The van der Waals surface area contributed by atoms with E-state index in [2.05, 4.69) is 29.4 Å². The maximum atomic E-state index is 12.2. The summed E-state index contributed by atoms with van der Waals surface area (Å²) in [6.07, 6.45) is 3.54. The number of aromatic nitrogens is 3. The minimum absolute atomic E-state index is 0.0650. The van der Waals surface area contributed by atoms with Crippen LogP contribution < -0.4 is 5.32 Å². The SMILES string of the molecule is CCCn1c(SCC(=O)Nc2ccc(CC)cc2)nnc1-c1ccco1. The first-order chi connectivity index (χ1) is 12.7. The highest BCUT2D eigenvalue weighted by atomic mass is 32.2. The van der Waals surface area contributed by atoms with Gasteiger partial charge in [-0.25, -0.2) is 0 Å². The second-order valence-electron chi connectivity index (χ2n) is 5.82. The Morgan fingerprint density at radius 2 is 2.00 bits per heavy atom. The molecule has 6 nitrogen and oxygen atoms in total. The number of furan rings is 1. The predicted octanol–water partition coefficient (Wildman–Crippen LogP) is 4.24. The molecule has 2 aromatic heterocycles. The molecule has 0 bridgehead atoms. The van der Waals surface area contributed by atoms with Gasteiger partial charge in [0, 0.05) is 12.2 Å². The van der Waals surface area contributed by atoms with Crippen molar-refractivity contribution in [2.75, 3.05) is 11.1 Å². The number of hydrogen-bond donors (Lipinski definition) is 1. The summed E-state index contributed by atoms with van der Waals surface area (Å²) in [5, 5.41) is 12.1. The number of hydrogen-bond acceptors (Lipinski definition) is 5. The lowest BCUT2D eigenvalue weighted by atomic mass is 10.1. The molecule has 1 N–H and O–H groups in total. The maximum absolute atomic E-state index is 12.2. The molecule has 1 aromatic carbocycles.